The number of nitrogens with zero attached hydrogens (tertiary/aromatic N) is 7. The third kappa shape index (κ3) is 4.09. The minimum Gasteiger partial charge on any atom is -0.370 e. The van der Waals surface area contributed by atoms with Gasteiger partial charge >= 0.3 is 0 Å². The lowest BCUT2D eigenvalue weighted by atomic mass is 10.3. The average Bonchev–Trinajstić information content (AvgIpc) is 3.33. The number of hydrogen-bond donors (Lipinski definition) is 1. The fourth-order valence-electron chi connectivity index (χ4n) is 2.89. The summed E-state index contributed by atoms with van der Waals surface area (Å²) in [5.74, 6) is 3.14. The molecule has 1 aromatic carbocycles. The number of tetrazole rings is 1. The first kappa shape index (κ1) is 18.7. The Kier molecular flexibility index (Phi) is 5.43. The van der Waals surface area contributed by atoms with Gasteiger partial charge in [-0.15, -0.1) is 0 Å². The summed E-state index contributed by atoms with van der Waals surface area (Å²) in [7, 11) is 1.83. The highest BCUT2D eigenvalue weighted by atomic mass is 32.2. The second-order valence-corrected chi connectivity index (χ2v) is 7.90. The van der Waals surface area contributed by atoms with Crippen LogP contribution in [0, 0.1) is 5.92 Å². The molecule has 0 saturated heterocycles. The van der Waals surface area contributed by atoms with Crippen molar-refractivity contribution in [2.24, 2.45) is 18.0 Å². The molecule has 2 heterocycles. The van der Waals surface area contributed by atoms with Gasteiger partial charge in [-0.05, 0) is 61.2 Å². The molecule has 1 saturated carbocycles. The van der Waals surface area contributed by atoms with Gasteiger partial charge in [-0.1, -0.05) is 29.0 Å². The third-order valence-corrected chi connectivity index (χ3v) is 5.69. The fraction of sp³-hybridized carbons (Fsp3) is 0.421. The van der Waals surface area contributed by atoms with Crippen LogP contribution in [0.2, 0.25) is 0 Å². The van der Waals surface area contributed by atoms with Crippen molar-refractivity contribution >= 4 is 28.5 Å². The smallest absolute Gasteiger partial charge is 0.256 e. The molecule has 0 atom stereocenters. The van der Waals surface area contributed by atoms with Crippen molar-refractivity contribution in [3.05, 3.63) is 36.2 Å². The summed E-state index contributed by atoms with van der Waals surface area (Å²) >= 11 is 1.63. The fourth-order valence-corrected chi connectivity index (χ4v) is 3.77. The minimum atomic E-state index is 0.644. The quantitative estimate of drug-likeness (QED) is 0.465. The van der Waals surface area contributed by atoms with Crippen LogP contribution in [-0.4, -0.2) is 47.8 Å². The van der Waals surface area contributed by atoms with Crippen LogP contribution < -0.4 is 5.32 Å². The van der Waals surface area contributed by atoms with E-state index in [2.05, 4.69) is 20.8 Å². The summed E-state index contributed by atoms with van der Waals surface area (Å²) in [5.41, 5.74) is 2.94. The number of aromatic nitrogens is 6. The Balaban J connectivity index is 1.54. The molecule has 1 fully saturated rings. The minimum absolute atomic E-state index is 0.644. The van der Waals surface area contributed by atoms with E-state index < -0.39 is 0 Å². The molecule has 1 aliphatic carbocycles. The van der Waals surface area contributed by atoms with Crippen molar-refractivity contribution < 1.29 is 0 Å². The first-order valence-electron chi connectivity index (χ1n) is 9.43. The van der Waals surface area contributed by atoms with E-state index in [1.165, 1.54) is 12.8 Å². The number of aryl methyl sites for hydroxylation is 1. The molecule has 9 heteroatoms. The van der Waals surface area contributed by atoms with E-state index in [0.29, 0.717) is 5.95 Å². The molecule has 1 N–H and O–H groups in total. The van der Waals surface area contributed by atoms with E-state index in [1.54, 1.807) is 16.4 Å². The Labute approximate surface area is 168 Å². The van der Waals surface area contributed by atoms with Gasteiger partial charge in [-0.3, -0.25) is 4.57 Å². The van der Waals surface area contributed by atoms with E-state index in [9.17, 15) is 0 Å². The van der Waals surface area contributed by atoms with Crippen LogP contribution in [0.1, 0.15) is 26.7 Å². The molecule has 0 bridgehead atoms. The Morgan fingerprint density at radius 2 is 2.18 bits per heavy atom. The molecule has 0 amide bonds. The summed E-state index contributed by atoms with van der Waals surface area (Å²) in [6.45, 7) is 5.07. The summed E-state index contributed by atoms with van der Waals surface area (Å²) in [6, 6.07) is 8.01. The van der Waals surface area contributed by atoms with Crippen LogP contribution in [0.3, 0.4) is 0 Å². The first-order valence-corrected chi connectivity index (χ1v) is 10.4. The average molecular weight is 397 g/mol. The number of allylic oxidation sites excluding steroid dienone is 1. The number of para-hydroxylation sites is 2. The van der Waals surface area contributed by atoms with E-state index in [4.69, 9.17) is 9.98 Å². The lowest BCUT2D eigenvalue weighted by Gasteiger charge is -2.08. The number of thioether (sulfide) groups is 1. The molecule has 146 valence electrons. The molecule has 28 heavy (non-hydrogen) atoms. The number of rotatable bonds is 8. The van der Waals surface area contributed by atoms with Gasteiger partial charge in [0.15, 0.2) is 5.16 Å². The summed E-state index contributed by atoms with van der Waals surface area (Å²) in [6.07, 6.45) is 4.68. The Hall–Kier alpha value is -2.68. The van der Waals surface area contributed by atoms with Crippen molar-refractivity contribution in [1.82, 2.24) is 35.1 Å². The number of fused-ring (bicyclic) bond motifs is 1. The van der Waals surface area contributed by atoms with E-state index in [-0.39, 0.29) is 0 Å². The summed E-state index contributed by atoms with van der Waals surface area (Å²) in [5, 5.41) is 16.2. The van der Waals surface area contributed by atoms with Gasteiger partial charge in [0, 0.05) is 25.1 Å². The van der Waals surface area contributed by atoms with E-state index >= 15 is 0 Å². The van der Waals surface area contributed by atoms with Gasteiger partial charge < -0.3 is 5.32 Å². The second-order valence-electron chi connectivity index (χ2n) is 6.95. The molecule has 4 rings (SSSR count). The first-order chi connectivity index (χ1) is 13.7. The van der Waals surface area contributed by atoms with Gasteiger partial charge in [-0.2, -0.15) is 0 Å². The van der Waals surface area contributed by atoms with E-state index in [0.717, 1.165) is 45.9 Å². The normalized spacial score (nSPS) is 15.4. The van der Waals surface area contributed by atoms with Crippen LogP contribution in [-0.2, 0) is 7.05 Å². The van der Waals surface area contributed by atoms with Crippen molar-refractivity contribution in [1.29, 1.82) is 0 Å². The number of aliphatic imine (C=N–C) groups is 1. The maximum atomic E-state index is 4.78. The summed E-state index contributed by atoms with van der Waals surface area (Å²) in [4.78, 5) is 9.52. The lowest BCUT2D eigenvalue weighted by molar-refractivity contribution is 0.682. The molecule has 0 unspecified atom stereocenters. The van der Waals surface area contributed by atoms with Crippen LogP contribution in [0.25, 0.3) is 17.0 Å². The maximum Gasteiger partial charge on any atom is 0.256 e. The zero-order chi connectivity index (χ0) is 19.5. The largest absolute Gasteiger partial charge is 0.370 e. The Morgan fingerprint density at radius 3 is 2.89 bits per heavy atom. The zero-order valence-electron chi connectivity index (χ0n) is 16.3. The standard InChI is InChI=1S/C19H24N8S/c1-4-17(20-11-14-9-10-14)21-13(2)12-28-19-22-15-7-5-6-8-16(15)27(19)18-23-24-25-26(18)3/h4-8,14,20H,9-12H2,1-3H3/b17-4-,21-13+. The third-order valence-electron chi connectivity index (χ3n) is 4.59. The Bertz CT molecular complexity index is 1030. The van der Waals surface area contributed by atoms with Crippen LogP contribution >= 0.6 is 11.8 Å². The number of benzene rings is 1. The van der Waals surface area contributed by atoms with Gasteiger partial charge in [0.2, 0.25) is 0 Å². The van der Waals surface area contributed by atoms with Gasteiger partial charge in [-0.25, -0.2) is 14.7 Å². The number of imidazole rings is 1. The van der Waals surface area contributed by atoms with Crippen molar-refractivity contribution in [2.45, 2.75) is 31.8 Å². The zero-order valence-corrected chi connectivity index (χ0v) is 17.1. The van der Waals surface area contributed by atoms with Crippen LogP contribution in [0.5, 0.6) is 0 Å². The summed E-state index contributed by atoms with van der Waals surface area (Å²) < 4.78 is 3.65. The highest BCUT2D eigenvalue weighted by Crippen LogP contribution is 2.28. The van der Waals surface area contributed by atoms with Crippen LogP contribution in [0.4, 0.5) is 0 Å². The topological polar surface area (TPSA) is 85.8 Å². The monoisotopic (exact) mass is 396 g/mol. The maximum absolute atomic E-state index is 4.78. The van der Waals surface area contributed by atoms with Gasteiger partial charge in [0.05, 0.1) is 11.0 Å². The van der Waals surface area contributed by atoms with Gasteiger partial charge in [0.25, 0.3) is 5.95 Å². The number of hydrogen-bond acceptors (Lipinski definition) is 7. The highest BCUT2D eigenvalue weighted by molar-refractivity contribution is 7.99. The molecular formula is C19H24N8S. The van der Waals surface area contributed by atoms with E-state index in [1.807, 2.05) is 55.8 Å². The molecule has 1 aliphatic rings. The highest BCUT2D eigenvalue weighted by Gasteiger charge is 2.21. The predicted octanol–water partition coefficient (Wildman–Crippen LogP) is 2.96. The SMILES string of the molecule is C/C=C(\N=C(/C)CSc1nc2ccccc2n1-c1nnnn1C)NCC1CC1. The second kappa shape index (κ2) is 8.14. The number of nitrogens with one attached hydrogen (secondary N) is 1. The lowest BCUT2D eigenvalue weighted by Crippen LogP contribution is -2.16. The Morgan fingerprint density at radius 1 is 1.36 bits per heavy atom. The molecular weight excluding hydrogens is 372 g/mol. The molecule has 3 aromatic rings. The molecule has 0 spiro atoms. The molecule has 2 aromatic heterocycles. The molecule has 8 nitrogen and oxygen atoms in total. The van der Waals surface area contributed by atoms with Crippen LogP contribution in [0.15, 0.2) is 46.3 Å². The molecule has 0 aliphatic heterocycles. The van der Waals surface area contributed by atoms with Crippen molar-refractivity contribution in [3.63, 3.8) is 0 Å². The predicted molar refractivity (Wildman–Crippen MR) is 112 cm³/mol. The molecule has 0 radical (unpaired) electrons. The van der Waals surface area contributed by atoms with Crippen molar-refractivity contribution in [3.8, 4) is 5.95 Å². The van der Waals surface area contributed by atoms with Crippen molar-refractivity contribution in [2.75, 3.05) is 12.3 Å². The van der Waals surface area contributed by atoms with Gasteiger partial charge in [0.1, 0.15) is 5.82 Å².